The van der Waals surface area contributed by atoms with Gasteiger partial charge in [0.15, 0.2) is 5.82 Å². The van der Waals surface area contributed by atoms with Crippen molar-refractivity contribution in [2.45, 2.75) is 90.5 Å². The van der Waals surface area contributed by atoms with E-state index in [1.165, 1.54) is 18.9 Å². The number of nitrogens with zero attached hydrogens (tertiary/aromatic N) is 8. The molecule has 3 unspecified atom stereocenters. The number of rotatable bonds is 7. The monoisotopic (exact) mass is 746 g/mol. The van der Waals surface area contributed by atoms with Crippen molar-refractivity contribution in [2.24, 2.45) is 0 Å². The Labute approximate surface area is 317 Å². The van der Waals surface area contributed by atoms with Crippen molar-refractivity contribution in [3.63, 3.8) is 0 Å². The molecule has 6 heterocycles. The molecule has 0 saturated carbocycles. The van der Waals surface area contributed by atoms with Crippen LogP contribution in [0.1, 0.15) is 82.3 Å². The lowest BCUT2D eigenvalue weighted by Crippen LogP contribution is -2.39. The first-order chi connectivity index (χ1) is 25.7. The van der Waals surface area contributed by atoms with Gasteiger partial charge in [0.2, 0.25) is 5.91 Å². The zero-order valence-electron chi connectivity index (χ0n) is 31.8. The van der Waals surface area contributed by atoms with Crippen LogP contribution >= 0.6 is 11.6 Å². The highest BCUT2D eigenvalue weighted by Gasteiger charge is 2.35. The van der Waals surface area contributed by atoms with Gasteiger partial charge < -0.3 is 24.0 Å². The molecule has 0 radical (unpaired) electrons. The van der Waals surface area contributed by atoms with E-state index in [1.807, 2.05) is 51.8 Å². The Morgan fingerprint density at radius 1 is 1.08 bits per heavy atom. The first-order valence-corrected chi connectivity index (χ1v) is 19.3. The average Bonchev–Trinajstić information content (AvgIpc) is 4.00. The highest BCUT2D eigenvalue weighted by Crippen LogP contribution is 2.37. The minimum atomic E-state index is -0.518. The summed E-state index contributed by atoms with van der Waals surface area (Å²) in [4.78, 5) is 35.4. The van der Waals surface area contributed by atoms with E-state index in [-0.39, 0.29) is 17.9 Å². The zero-order valence-corrected chi connectivity index (χ0v) is 32.5. The molecule has 4 aromatic rings. The van der Waals surface area contributed by atoms with Gasteiger partial charge in [-0.05, 0) is 56.2 Å². The smallest absolute Gasteiger partial charge is 0.318 e. The summed E-state index contributed by atoms with van der Waals surface area (Å²) in [5, 5.41) is 6.85. The van der Waals surface area contributed by atoms with Gasteiger partial charge in [-0.25, -0.2) is 4.39 Å². The summed E-state index contributed by atoms with van der Waals surface area (Å²) in [7, 11) is 3.63. The standard InChI is InChI=1S/C31H34ClN7O3.C7H12FN.C2H6/c1-19(2)29-34-26(42-36-29)11-12-27(40)39-15-13-21(17-39)37(3)30-22-14-16-38(18-24(22)33-31(35-30)41-4)25-10-6-8-20-7-5-9-23(32)28(20)25;8-6-4-7-2-1-3-9(7)5-6;1-2/h5-12,19,21H,13-18H2,1-4H3;6-7H,1-5H2;1-2H3/b12-11+;;. The van der Waals surface area contributed by atoms with Crippen molar-refractivity contribution < 1.29 is 18.4 Å². The molecule has 2 aromatic carbocycles. The largest absolute Gasteiger partial charge is 0.467 e. The van der Waals surface area contributed by atoms with Crippen LogP contribution in [0.3, 0.4) is 0 Å². The van der Waals surface area contributed by atoms with Crippen molar-refractivity contribution in [1.29, 1.82) is 0 Å². The maximum Gasteiger partial charge on any atom is 0.318 e. The Morgan fingerprint density at radius 2 is 1.87 bits per heavy atom. The van der Waals surface area contributed by atoms with Crippen molar-refractivity contribution in [2.75, 3.05) is 56.7 Å². The molecule has 3 fully saturated rings. The van der Waals surface area contributed by atoms with Gasteiger partial charge in [-0.1, -0.05) is 68.7 Å². The molecule has 284 valence electrons. The number of fused-ring (bicyclic) bond motifs is 3. The number of likely N-dealkylation sites (tertiary alicyclic amines) is 1. The number of halogens is 2. The Balaban J connectivity index is 0.000000374. The predicted octanol–water partition coefficient (Wildman–Crippen LogP) is 7.33. The Hall–Kier alpha value is -4.29. The first kappa shape index (κ1) is 38.4. The molecular weight excluding hydrogens is 695 g/mol. The van der Waals surface area contributed by atoms with Gasteiger partial charge in [0.1, 0.15) is 12.0 Å². The zero-order chi connectivity index (χ0) is 37.6. The van der Waals surface area contributed by atoms with Crippen LogP contribution in [0.4, 0.5) is 15.9 Å². The minimum absolute atomic E-state index is 0.0816. The second-order valence-electron chi connectivity index (χ2n) is 14.2. The molecule has 53 heavy (non-hydrogen) atoms. The highest BCUT2D eigenvalue weighted by atomic mass is 35.5. The normalized spacial score (nSPS) is 21.0. The molecule has 4 aliphatic heterocycles. The minimum Gasteiger partial charge on any atom is -0.467 e. The number of alkyl halides is 1. The number of aromatic nitrogens is 4. The third kappa shape index (κ3) is 8.59. The number of amides is 1. The summed E-state index contributed by atoms with van der Waals surface area (Å²) in [6.07, 6.45) is 7.51. The van der Waals surface area contributed by atoms with E-state index < -0.39 is 6.17 Å². The van der Waals surface area contributed by atoms with Gasteiger partial charge in [0, 0.05) is 80.0 Å². The molecule has 3 atom stereocenters. The summed E-state index contributed by atoms with van der Waals surface area (Å²) in [6, 6.07) is 13.3. The quantitative estimate of drug-likeness (QED) is 0.179. The molecule has 8 rings (SSSR count). The van der Waals surface area contributed by atoms with Crippen LogP contribution in [0, 0.1) is 0 Å². The second kappa shape index (κ2) is 17.2. The number of benzene rings is 2. The number of carbonyl (C=O) groups excluding carboxylic acids is 1. The molecule has 2 aromatic heterocycles. The molecule has 0 bridgehead atoms. The Bertz CT molecular complexity index is 1890. The lowest BCUT2D eigenvalue weighted by Gasteiger charge is -2.34. The number of ether oxygens (including phenoxy) is 1. The van der Waals surface area contributed by atoms with Gasteiger partial charge in [0.25, 0.3) is 5.89 Å². The second-order valence-corrected chi connectivity index (χ2v) is 14.6. The summed E-state index contributed by atoms with van der Waals surface area (Å²) in [5.41, 5.74) is 3.14. The SMILES string of the molecule is CC.COc1nc2c(c(N(C)C3CCN(C(=O)/C=C/c4nc(C(C)C)no4)C3)n1)CCN(c1cccc3cccc(Cl)c13)C2.FC1CC2CCCN2C1. The highest BCUT2D eigenvalue weighted by molar-refractivity contribution is 6.36. The van der Waals surface area contributed by atoms with Gasteiger partial charge in [-0.15, -0.1) is 0 Å². The van der Waals surface area contributed by atoms with Crippen LogP contribution in [0.2, 0.25) is 5.02 Å². The van der Waals surface area contributed by atoms with Gasteiger partial charge in [-0.3, -0.25) is 9.69 Å². The molecule has 3 saturated heterocycles. The van der Waals surface area contributed by atoms with Crippen LogP contribution in [-0.4, -0.2) is 101 Å². The van der Waals surface area contributed by atoms with Crippen LogP contribution in [-0.2, 0) is 17.8 Å². The van der Waals surface area contributed by atoms with E-state index >= 15 is 0 Å². The summed E-state index contributed by atoms with van der Waals surface area (Å²) in [5.74, 6) is 1.89. The van der Waals surface area contributed by atoms with Crippen LogP contribution in [0.15, 0.2) is 47.0 Å². The Morgan fingerprint density at radius 3 is 2.60 bits per heavy atom. The fourth-order valence-corrected chi connectivity index (χ4v) is 8.05. The average molecular weight is 747 g/mol. The van der Waals surface area contributed by atoms with Crippen molar-refractivity contribution in [3.8, 4) is 6.01 Å². The van der Waals surface area contributed by atoms with Crippen molar-refractivity contribution >= 4 is 45.9 Å². The molecule has 0 spiro atoms. The summed E-state index contributed by atoms with van der Waals surface area (Å²) >= 11 is 6.64. The van der Waals surface area contributed by atoms with Crippen molar-refractivity contribution in [3.05, 3.63) is 70.5 Å². The fourth-order valence-electron chi connectivity index (χ4n) is 7.77. The Kier molecular flexibility index (Phi) is 12.5. The van der Waals surface area contributed by atoms with E-state index in [4.69, 9.17) is 30.8 Å². The van der Waals surface area contributed by atoms with Crippen molar-refractivity contribution in [1.82, 2.24) is 29.9 Å². The van der Waals surface area contributed by atoms with E-state index in [0.717, 1.165) is 70.9 Å². The van der Waals surface area contributed by atoms with Crippen LogP contribution < -0.4 is 14.5 Å². The molecule has 1 amide bonds. The van der Waals surface area contributed by atoms with E-state index in [9.17, 15) is 9.18 Å². The molecule has 0 aliphatic carbocycles. The molecule has 4 aliphatic rings. The van der Waals surface area contributed by atoms with Gasteiger partial charge in [-0.2, -0.15) is 15.0 Å². The lowest BCUT2D eigenvalue weighted by atomic mass is 10.0. The lowest BCUT2D eigenvalue weighted by molar-refractivity contribution is -0.124. The molecular formula is C40H52ClFN8O3. The van der Waals surface area contributed by atoms with E-state index in [0.29, 0.717) is 49.9 Å². The topological polar surface area (TPSA) is 104 Å². The van der Waals surface area contributed by atoms with Gasteiger partial charge >= 0.3 is 6.01 Å². The third-order valence-corrected chi connectivity index (χ3v) is 10.9. The number of methoxy groups -OCH3 is 1. The fraction of sp³-hybridized carbons (Fsp3) is 0.525. The van der Waals surface area contributed by atoms with Crippen LogP contribution in [0.5, 0.6) is 6.01 Å². The number of hydrogen-bond donors (Lipinski definition) is 0. The third-order valence-electron chi connectivity index (χ3n) is 10.5. The van der Waals surface area contributed by atoms with E-state index in [2.05, 4.69) is 49.1 Å². The maximum absolute atomic E-state index is 13.0. The number of hydrogen-bond acceptors (Lipinski definition) is 10. The van der Waals surface area contributed by atoms with E-state index in [1.54, 1.807) is 13.2 Å². The number of carbonyl (C=O) groups is 1. The molecule has 11 nitrogen and oxygen atoms in total. The first-order valence-electron chi connectivity index (χ1n) is 19.0. The number of anilines is 2. The van der Waals surface area contributed by atoms with Gasteiger partial charge in [0.05, 0.1) is 24.4 Å². The maximum atomic E-state index is 13.0. The summed E-state index contributed by atoms with van der Waals surface area (Å²) in [6.45, 7) is 12.5. The predicted molar refractivity (Wildman–Crippen MR) is 209 cm³/mol. The molecule has 13 heteroatoms. The number of likely N-dealkylation sites (N-methyl/N-ethyl adjacent to an activating group) is 1. The summed E-state index contributed by atoms with van der Waals surface area (Å²) < 4.78 is 23.4. The van der Waals surface area contributed by atoms with Crippen LogP contribution in [0.25, 0.3) is 16.8 Å². The molecule has 0 N–H and O–H groups in total.